The Labute approximate surface area is 57.3 Å². The summed E-state index contributed by atoms with van der Waals surface area (Å²) in [5, 5.41) is 12.9. The van der Waals surface area contributed by atoms with Crippen molar-refractivity contribution in [1.82, 2.24) is 5.32 Å². The molecule has 9 heavy (non-hydrogen) atoms. The van der Waals surface area contributed by atoms with E-state index in [0.717, 1.165) is 25.8 Å². The molecule has 0 rings (SSSR count). The Bertz CT molecular complexity index is 56.9. The molecule has 2 heteroatoms. The summed E-state index contributed by atoms with van der Waals surface area (Å²) >= 11 is 0. The first kappa shape index (κ1) is 8.92. The van der Waals surface area contributed by atoms with Crippen molar-refractivity contribution < 1.29 is 5.11 Å². The molecular formula is C7H16NO. The lowest BCUT2D eigenvalue weighted by atomic mass is 10.3. The van der Waals surface area contributed by atoms with Crippen molar-refractivity contribution in [2.75, 3.05) is 6.54 Å². The normalized spacial score (nSPS) is 13.7. The summed E-state index contributed by atoms with van der Waals surface area (Å²) < 4.78 is 0. The third kappa shape index (κ3) is 5.80. The third-order valence-corrected chi connectivity index (χ3v) is 1.22. The molecule has 1 atom stereocenters. The minimum atomic E-state index is -0.420. The Morgan fingerprint density at radius 1 is 1.44 bits per heavy atom. The van der Waals surface area contributed by atoms with Gasteiger partial charge in [-0.15, -0.1) is 0 Å². The number of unbranched alkanes of at least 4 members (excludes halogenated alkanes) is 1. The molecule has 1 radical (unpaired) electrons. The number of hydrogen-bond donors (Lipinski definition) is 1. The van der Waals surface area contributed by atoms with Crippen molar-refractivity contribution in [2.45, 2.75) is 39.3 Å². The van der Waals surface area contributed by atoms with Gasteiger partial charge in [-0.2, -0.15) is 0 Å². The van der Waals surface area contributed by atoms with Gasteiger partial charge in [-0.3, -0.25) is 0 Å². The van der Waals surface area contributed by atoms with Crippen molar-refractivity contribution >= 4 is 0 Å². The Morgan fingerprint density at radius 3 is 2.56 bits per heavy atom. The van der Waals surface area contributed by atoms with Gasteiger partial charge in [-0.05, 0) is 12.8 Å². The Morgan fingerprint density at radius 2 is 2.11 bits per heavy atom. The second-order valence-corrected chi connectivity index (χ2v) is 2.15. The van der Waals surface area contributed by atoms with Gasteiger partial charge in [0.25, 0.3) is 0 Å². The van der Waals surface area contributed by atoms with Gasteiger partial charge < -0.3 is 5.11 Å². The van der Waals surface area contributed by atoms with Crippen LogP contribution >= 0.6 is 0 Å². The Balaban J connectivity index is 2.88. The molecule has 0 amide bonds. The van der Waals surface area contributed by atoms with Gasteiger partial charge >= 0.3 is 0 Å². The second kappa shape index (κ2) is 6.05. The minimum absolute atomic E-state index is 0.420. The lowest BCUT2D eigenvalue weighted by Crippen LogP contribution is -2.21. The van der Waals surface area contributed by atoms with Crippen molar-refractivity contribution in [3.8, 4) is 0 Å². The molecule has 55 valence electrons. The van der Waals surface area contributed by atoms with E-state index in [2.05, 4.69) is 12.2 Å². The molecule has 0 aromatic carbocycles. The molecule has 0 aliphatic rings. The van der Waals surface area contributed by atoms with Crippen LogP contribution in [0.1, 0.15) is 33.1 Å². The van der Waals surface area contributed by atoms with Crippen molar-refractivity contribution in [3.63, 3.8) is 0 Å². The molecule has 0 aromatic rings. The number of aliphatic hydroxyl groups excluding tert-OH is 1. The highest BCUT2D eigenvalue weighted by Crippen LogP contribution is 1.89. The molecule has 0 heterocycles. The fraction of sp³-hybridized carbons (Fsp3) is 1.00. The summed E-state index contributed by atoms with van der Waals surface area (Å²) in [7, 11) is 0. The zero-order valence-electron chi connectivity index (χ0n) is 6.30. The summed E-state index contributed by atoms with van der Waals surface area (Å²) in [6, 6.07) is 0. The van der Waals surface area contributed by atoms with E-state index in [4.69, 9.17) is 5.11 Å². The van der Waals surface area contributed by atoms with E-state index in [1.165, 1.54) is 0 Å². The molecule has 0 aromatic heterocycles. The molecule has 0 aliphatic carbocycles. The smallest absolute Gasteiger partial charge is 0.119 e. The van der Waals surface area contributed by atoms with Crippen LogP contribution in [0.25, 0.3) is 0 Å². The van der Waals surface area contributed by atoms with Crippen LogP contribution in [-0.2, 0) is 0 Å². The SMILES string of the molecule is CCCC[N]C(O)CC. The van der Waals surface area contributed by atoms with Crippen LogP contribution in [-0.4, -0.2) is 17.9 Å². The maximum absolute atomic E-state index is 8.92. The summed E-state index contributed by atoms with van der Waals surface area (Å²) in [6.07, 6.45) is 2.57. The van der Waals surface area contributed by atoms with Crippen LogP contribution in [0, 0.1) is 0 Å². The summed E-state index contributed by atoms with van der Waals surface area (Å²) in [4.78, 5) is 0. The van der Waals surface area contributed by atoms with E-state index in [1.54, 1.807) is 0 Å². The number of rotatable bonds is 5. The van der Waals surface area contributed by atoms with E-state index in [1.807, 2.05) is 6.92 Å². The van der Waals surface area contributed by atoms with Crippen LogP contribution < -0.4 is 5.32 Å². The molecule has 2 nitrogen and oxygen atoms in total. The Kier molecular flexibility index (Phi) is 5.99. The molecule has 0 fully saturated rings. The second-order valence-electron chi connectivity index (χ2n) is 2.15. The highest BCUT2D eigenvalue weighted by Gasteiger charge is 1.97. The predicted octanol–water partition coefficient (Wildman–Crippen LogP) is 1.12. The molecule has 0 bridgehead atoms. The minimum Gasteiger partial charge on any atom is -0.377 e. The van der Waals surface area contributed by atoms with Gasteiger partial charge in [0.05, 0.1) is 0 Å². The van der Waals surface area contributed by atoms with Crippen LogP contribution in [0.4, 0.5) is 0 Å². The highest BCUT2D eigenvalue weighted by atomic mass is 16.3. The molecule has 0 aliphatic heterocycles. The van der Waals surface area contributed by atoms with E-state index in [9.17, 15) is 0 Å². The molecule has 0 saturated carbocycles. The van der Waals surface area contributed by atoms with E-state index in [0.29, 0.717) is 0 Å². The largest absolute Gasteiger partial charge is 0.377 e. The van der Waals surface area contributed by atoms with E-state index < -0.39 is 6.23 Å². The van der Waals surface area contributed by atoms with Gasteiger partial charge in [-0.25, -0.2) is 5.32 Å². The summed E-state index contributed by atoms with van der Waals surface area (Å²) in [5.41, 5.74) is 0. The Hall–Kier alpha value is -0.0800. The first-order valence-corrected chi connectivity index (χ1v) is 3.66. The summed E-state index contributed by atoms with van der Waals surface area (Å²) in [6.45, 7) is 4.86. The monoisotopic (exact) mass is 130 g/mol. The number of nitrogens with zero attached hydrogens (tertiary/aromatic N) is 1. The topological polar surface area (TPSA) is 34.3 Å². The van der Waals surface area contributed by atoms with Gasteiger partial charge in [0, 0.05) is 6.54 Å². The molecule has 1 N–H and O–H groups in total. The van der Waals surface area contributed by atoms with E-state index >= 15 is 0 Å². The first-order valence-electron chi connectivity index (χ1n) is 3.66. The lowest BCUT2D eigenvalue weighted by molar-refractivity contribution is 0.129. The van der Waals surface area contributed by atoms with Crippen molar-refractivity contribution in [3.05, 3.63) is 0 Å². The van der Waals surface area contributed by atoms with Gasteiger partial charge in [0.2, 0.25) is 0 Å². The van der Waals surface area contributed by atoms with Gasteiger partial charge in [0.1, 0.15) is 6.23 Å². The number of hydrogen-bond acceptors (Lipinski definition) is 1. The number of aliphatic hydroxyl groups is 1. The molecule has 1 unspecified atom stereocenters. The standard InChI is InChI=1S/C7H16NO/c1-3-5-6-8-7(9)4-2/h7,9H,3-6H2,1-2H3. The fourth-order valence-corrected chi connectivity index (χ4v) is 0.528. The predicted molar refractivity (Wildman–Crippen MR) is 38.2 cm³/mol. The van der Waals surface area contributed by atoms with Gasteiger partial charge in [-0.1, -0.05) is 20.3 Å². The van der Waals surface area contributed by atoms with E-state index in [-0.39, 0.29) is 0 Å². The molecule has 0 spiro atoms. The highest BCUT2D eigenvalue weighted by molar-refractivity contribution is 4.48. The molecular weight excluding hydrogens is 114 g/mol. The average molecular weight is 130 g/mol. The maximum atomic E-state index is 8.92. The summed E-state index contributed by atoms with van der Waals surface area (Å²) in [5.74, 6) is 0. The zero-order valence-corrected chi connectivity index (χ0v) is 6.30. The van der Waals surface area contributed by atoms with Crippen LogP contribution in [0.2, 0.25) is 0 Å². The van der Waals surface area contributed by atoms with Gasteiger partial charge in [0.15, 0.2) is 0 Å². The third-order valence-electron chi connectivity index (χ3n) is 1.22. The molecule has 0 saturated heterocycles. The quantitative estimate of drug-likeness (QED) is 0.556. The van der Waals surface area contributed by atoms with Crippen molar-refractivity contribution in [2.24, 2.45) is 0 Å². The fourth-order valence-electron chi connectivity index (χ4n) is 0.528. The maximum Gasteiger partial charge on any atom is 0.119 e. The van der Waals surface area contributed by atoms with Crippen LogP contribution in [0.15, 0.2) is 0 Å². The lowest BCUT2D eigenvalue weighted by Gasteiger charge is -2.05. The first-order chi connectivity index (χ1) is 4.31. The zero-order chi connectivity index (χ0) is 7.11. The van der Waals surface area contributed by atoms with Crippen LogP contribution in [0.5, 0.6) is 0 Å². The average Bonchev–Trinajstić information content (AvgIpc) is 1.89. The van der Waals surface area contributed by atoms with Crippen molar-refractivity contribution in [1.29, 1.82) is 0 Å². The van der Waals surface area contributed by atoms with Crippen LogP contribution in [0.3, 0.4) is 0 Å².